The second-order valence-electron chi connectivity index (χ2n) is 5.40. The van der Waals surface area contributed by atoms with Crippen molar-refractivity contribution in [2.24, 2.45) is 5.92 Å². The Morgan fingerprint density at radius 1 is 1.14 bits per heavy atom. The Labute approximate surface area is 125 Å². The molecule has 1 heterocycles. The van der Waals surface area contributed by atoms with E-state index >= 15 is 0 Å². The number of hydrogen-bond acceptors (Lipinski definition) is 3. The molecule has 0 atom stereocenters. The monoisotopic (exact) mass is 288 g/mol. The van der Waals surface area contributed by atoms with Gasteiger partial charge in [-0.05, 0) is 42.2 Å². The van der Waals surface area contributed by atoms with Crippen molar-refractivity contribution in [2.75, 3.05) is 11.9 Å². The predicted molar refractivity (Wildman–Crippen MR) is 82.9 cm³/mol. The Balaban J connectivity index is 1.80. The van der Waals surface area contributed by atoms with Crippen LogP contribution in [-0.2, 0) is 6.54 Å². The van der Waals surface area contributed by atoms with Crippen LogP contribution in [0.1, 0.15) is 25.8 Å². The first-order chi connectivity index (χ1) is 10.1. The number of hydrogen-bond donors (Lipinski definition) is 1. The van der Waals surface area contributed by atoms with E-state index in [1.807, 2.05) is 24.3 Å². The normalized spacial score (nSPS) is 10.7. The molecule has 0 amide bonds. The fraction of sp³-hybridized carbons (Fsp3) is 0.353. The van der Waals surface area contributed by atoms with E-state index in [1.54, 1.807) is 6.07 Å². The van der Waals surface area contributed by atoms with E-state index in [-0.39, 0.29) is 0 Å². The van der Waals surface area contributed by atoms with E-state index in [9.17, 15) is 4.39 Å². The molecule has 0 aliphatic rings. The summed E-state index contributed by atoms with van der Waals surface area (Å²) >= 11 is 0. The van der Waals surface area contributed by atoms with Crippen LogP contribution in [0.5, 0.6) is 5.75 Å². The first-order valence-corrected chi connectivity index (χ1v) is 7.20. The first kappa shape index (κ1) is 15.3. The van der Waals surface area contributed by atoms with Gasteiger partial charge in [0.1, 0.15) is 5.75 Å². The summed E-state index contributed by atoms with van der Waals surface area (Å²) in [6, 6.07) is 11.0. The number of halogens is 1. The summed E-state index contributed by atoms with van der Waals surface area (Å²) < 4.78 is 18.4. The Bertz CT molecular complexity index is 538. The number of pyridine rings is 1. The minimum Gasteiger partial charge on any atom is -0.494 e. The van der Waals surface area contributed by atoms with Crippen LogP contribution in [0.2, 0.25) is 0 Å². The van der Waals surface area contributed by atoms with Gasteiger partial charge in [0.2, 0.25) is 5.95 Å². The second-order valence-corrected chi connectivity index (χ2v) is 5.40. The molecular formula is C17H21FN2O. The highest BCUT2D eigenvalue weighted by atomic mass is 19.1. The summed E-state index contributed by atoms with van der Waals surface area (Å²) in [7, 11) is 0. The Kier molecular flexibility index (Phi) is 5.55. The zero-order valence-electron chi connectivity index (χ0n) is 12.5. The molecule has 0 saturated carbocycles. The first-order valence-electron chi connectivity index (χ1n) is 7.20. The zero-order chi connectivity index (χ0) is 15.1. The molecule has 1 N–H and O–H groups in total. The molecule has 3 nitrogen and oxygen atoms in total. The van der Waals surface area contributed by atoms with Gasteiger partial charge in [0.15, 0.2) is 0 Å². The molecule has 0 unspecified atom stereocenters. The largest absolute Gasteiger partial charge is 0.494 e. The molecule has 0 bridgehead atoms. The fourth-order valence-corrected chi connectivity index (χ4v) is 1.80. The van der Waals surface area contributed by atoms with E-state index < -0.39 is 5.95 Å². The van der Waals surface area contributed by atoms with Crippen LogP contribution in [0, 0.1) is 11.9 Å². The van der Waals surface area contributed by atoms with Crippen molar-refractivity contribution in [3.63, 3.8) is 0 Å². The number of nitrogens with zero attached hydrogens (tertiary/aromatic N) is 1. The van der Waals surface area contributed by atoms with Gasteiger partial charge in [-0.1, -0.05) is 26.0 Å². The van der Waals surface area contributed by atoms with Crippen molar-refractivity contribution in [3.8, 4) is 5.75 Å². The quantitative estimate of drug-likeness (QED) is 0.773. The Morgan fingerprint density at radius 3 is 2.52 bits per heavy atom. The Hall–Kier alpha value is -2.10. The number of rotatable bonds is 7. The van der Waals surface area contributed by atoms with Crippen molar-refractivity contribution in [2.45, 2.75) is 26.8 Å². The number of aromatic nitrogens is 1. The molecule has 1 aromatic heterocycles. The van der Waals surface area contributed by atoms with Crippen molar-refractivity contribution >= 4 is 5.69 Å². The van der Waals surface area contributed by atoms with Crippen LogP contribution < -0.4 is 10.1 Å². The highest BCUT2D eigenvalue weighted by Gasteiger charge is 1.99. The molecule has 4 heteroatoms. The highest BCUT2D eigenvalue weighted by molar-refractivity contribution is 5.41. The number of anilines is 1. The van der Waals surface area contributed by atoms with Gasteiger partial charge in [-0.2, -0.15) is 4.39 Å². The van der Waals surface area contributed by atoms with E-state index in [0.29, 0.717) is 12.5 Å². The molecule has 2 rings (SSSR count). The summed E-state index contributed by atoms with van der Waals surface area (Å²) in [5, 5.41) is 3.20. The van der Waals surface area contributed by atoms with Crippen LogP contribution in [0.15, 0.2) is 42.6 Å². The van der Waals surface area contributed by atoms with Crippen molar-refractivity contribution in [1.29, 1.82) is 0 Å². The molecule has 112 valence electrons. The summed E-state index contributed by atoms with van der Waals surface area (Å²) in [6.07, 6.45) is 2.54. The van der Waals surface area contributed by atoms with E-state index in [4.69, 9.17) is 4.74 Å². The topological polar surface area (TPSA) is 34.1 Å². The minimum absolute atomic E-state index is 0.469. The lowest BCUT2D eigenvalue weighted by atomic mass is 10.1. The lowest BCUT2D eigenvalue weighted by Gasteiger charge is -2.09. The van der Waals surface area contributed by atoms with Gasteiger partial charge in [0.25, 0.3) is 0 Å². The van der Waals surface area contributed by atoms with Crippen LogP contribution in [-0.4, -0.2) is 11.6 Å². The number of ether oxygens (including phenoxy) is 1. The second kappa shape index (κ2) is 7.62. The van der Waals surface area contributed by atoms with Gasteiger partial charge < -0.3 is 10.1 Å². The fourth-order valence-electron chi connectivity index (χ4n) is 1.80. The van der Waals surface area contributed by atoms with Gasteiger partial charge in [0.05, 0.1) is 18.5 Å². The van der Waals surface area contributed by atoms with Crippen LogP contribution >= 0.6 is 0 Å². The third-order valence-corrected chi connectivity index (χ3v) is 3.11. The molecule has 0 fully saturated rings. The molecule has 0 saturated heterocycles. The maximum absolute atomic E-state index is 12.7. The standard InChI is InChI=1S/C17H21FN2O/c1-13(2)9-10-21-16-6-3-14(4-7-16)11-19-15-5-8-17(18)20-12-15/h3-8,12-13,19H,9-11H2,1-2H3. The van der Waals surface area contributed by atoms with Gasteiger partial charge in [-0.3, -0.25) is 0 Å². The third-order valence-electron chi connectivity index (χ3n) is 3.11. The van der Waals surface area contributed by atoms with Gasteiger partial charge >= 0.3 is 0 Å². The lowest BCUT2D eigenvalue weighted by Crippen LogP contribution is -2.02. The lowest BCUT2D eigenvalue weighted by molar-refractivity contribution is 0.289. The maximum Gasteiger partial charge on any atom is 0.212 e. The molecular weight excluding hydrogens is 267 g/mol. The molecule has 0 aliphatic heterocycles. The summed E-state index contributed by atoms with van der Waals surface area (Å²) in [4.78, 5) is 3.60. The summed E-state index contributed by atoms with van der Waals surface area (Å²) in [5.74, 6) is 1.07. The van der Waals surface area contributed by atoms with Crippen molar-refractivity contribution < 1.29 is 9.13 Å². The molecule has 0 aliphatic carbocycles. The summed E-state index contributed by atoms with van der Waals surface area (Å²) in [5.41, 5.74) is 1.93. The molecule has 0 spiro atoms. The van der Waals surface area contributed by atoms with Crippen LogP contribution in [0.3, 0.4) is 0 Å². The van der Waals surface area contributed by atoms with Gasteiger partial charge in [-0.25, -0.2) is 4.98 Å². The summed E-state index contributed by atoms with van der Waals surface area (Å²) in [6.45, 7) is 5.78. The average molecular weight is 288 g/mol. The minimum atomic E-state index is -0.469. The number of benzene rings is 1. The number of nitrogens with one attached hydrogen (secondary N) is 1. The third kappa shape index (κ3) is 5.42. The van der Waals surface area contributed by atoms with Gasteiger partial charge in [0, 0.05) is 6.54 Å². The van der Waals surface area contributed by atoms with Crippen LogP contribution in [0.4, 0.5) is 10.1 Å². The predicted octanol–water partition coefficient (Wildman–Crippen LogP) is 4.26. The molecule has 21 heavy (non-hydrogen) atoms. The maximum atomic E-state index is 12.7. The van der Waals surface area contributed by atoms with E-state index in [1.165, 1.54) is 12.3 Å². The van der Waals surface area contributed by atoms with Crippen molar-refractivity contribution in [1.82, 2.24) is 4.98 Å². The molecule has 0 radical (unpaired) electrons. The zero-order valence-corrected chi connectivity index (χ0v) is 12.5. The molecule has 1 aromatic carbocycles. The average Bonchev–Trinajstić information content (AvgIpc) is 2.48. The van der Waals surface area contributed by atoms with Crippen molar-refractivity contribution in [3.05, 3.63) is 54.1 Å². The smallest absolute Gasteiger partial charge is 0.212 e. The SMILES string of the molecule is CC(C)CCOc1ccc(CNc2ccc(F)nc2)cc1. The Morgan fingerprint density at radius 2 is 1.90 bits per heavy atom. The highest BCUT2D eigenvalue weighted by Crippen LogP contribution is 2.15. The molecule has 2 aromatic rings. The van der Waals surface area contributed by atoms with E-state index in [0.717, 1.165) is 30.0 Å². The van der Waals surface area contributed by atoms with Gasteiger partial charge in [-0.15, -0.1) is 0 Å². The van der Waals surface area contributed by atoms with Crippen LogP contribution in [0.25, 0.3) is 0 Å². The van der Waals surface area contributed by atoms with E-state index in [2.05, 4.69) is 24.1 Å².